The maximum absolute atomic E-state index is 13.3. The molecule has 0 aliphatic heterocycles. The lowest BCUT2D eigenvalue weighted by molar-refractivity contribution is 0.102. The number of fused-ring (bicyclic) bond motifs is 1. The second kappa shape index (κ2) is 7.31. The van der Waals surface area contributed by atoms with Gasteiger partial charge in [-0.2, -0.15) is 5.10 Å². The number of aromatic nitrogens is 4. The van der Waals surface area contributed by atoms with Gasteiger partial charge in [0.05, 0.1) is 24.1 Å². The van der Waals surface area contributed by atoms with Gasteiger partial charge in [-0.3, -0.25) is 4.79 Å². The van der Waals surface area contributed by atoms with Crippen LogP contribution < -0.4 is 10.1 Å². The van der Waals surface area contributed by atoms with Crippen LogP contribution in [0.5, 0.6) is 5.75 Å². The van der Waals surface area contributed by atoms with Crippen molar-refractivity contribution in [3.05, 3.63) is 71.4 Å². The van der Waals surface area contributed by atoms with Crippen molar-refractivity contribution in [2.45, 2.75) is 13.8 Å². The fourth-order valence-electron chi connectivity index (χ4n) is 3.14. The third kappa shape index (κ3) is 3.40. The molecule has 0 aliphatic carbocycles. The Morgan fingerprint density at radius 2 is 1.72 bits per heavy atom. The molecule has 0 aliphatic rings. The fourth-order valence-corrected chi connectivity index (χ4v) is 3.14. The number of methoxy groups -OCH3 is 1. The highest BCUT2D eigenvalue weighted by atomic mass is 19.1. The minimum atomic E-state index is -0.390. The Kier molecular flexibility index (Phi) is 4.67. The minimum absolute atomic E-state index is 0.168. The predicted octanol–water partition coefficient (Wildman–Crippen LogP) is 3.81. The number of carbonyl (C=O) groups excluding carboxylic acids is 1. The van der Waals surface area contributed by atoms with Gasteiger partial charge in [-0.05, 0) is 55.8 Å². The number of carbonyl (C=O) groups is 1. The molecule has 4 rings (SSSR count). The normalized spacial score (nSPS) is 10.9. The zero-order chi connectivity index (χ0) is 20.5. The summed E-state index contributed by atoms with van der Waals surface area (Å²) in [4.78, 5) is 12.7. The van der Waals surface area contributed by atoms with E-state index >= 15 is 0 Å². The summed E-state index contributed by atoms with van der Waals surface area (Å²) < 4.78 is 20.0. The lowest BCUT2D eigenvalue weighted by Crippen LogP contribution is -2.18. The topological polar surface area (TPSA) is 81.4 Å². The summed E-state index contributed by atoms with van der Waals surface area (Å²) in [5.74, 6) is -0.0121. The summed E-state index contributed by atoms with van der Waals surface area (Å²) in [6.07, 6.45) is 0. The molecule has 4 aromatic rings. The second-order valence-corrected chi connectivity index (χ2v) is 6.52. The van der Waals surface area contributed by atoms with Crippen molar-refractivity contribution in [1.82, 2.24) is 19.8 Å². The Labute approximate surface area is 166 Å². The molecule has 1 N–H and O–H groups in total. The van der Waals surface area contributed by atoms with Gasteiger partial charge in [-0.15, -0.1) is 10.2 Å². The van der Waals surface area contributed by atoms with E-state index in [0.29, 0.717) is 28.5 Å². The molecule has 2 heterocycles. The lowest BCUT2D eigenvalue weighted by Gasteiger charge is -2.08. The molecular weight excluding hydrogens is 373 g/mol. The molecular formula is C21H18FN5O2. The number of rotatable bonds is 4. The highest BCUT2D eigenvalue weighted by molar-refractivity contribution is 6.03. The molecule has 0 radical (unpaired) electrons. The third-order valence-electron chi connectivity index (χ3n) is 4.64. The van der Waals surface area contributed by atoms with E-state index in [0.717, 1.165) is 11.1 Å². The van der Waals surface area contributed by atoms with Gasteiger partial charge in [0.1, 0.15) is 11.6 Å². The predicted molar refractivity (Wildman–Crippen MR) is 107 cm³/mol. The Balaban J connectivity index is 1.70. The van der Waals surface area contributed by atoms with E-state index in [1.54, 1.807) is 54.9 Å². The number of halogens is 1. The molecule has 2 aromatic carbocycles. The highest BCUT2D eigenvalue weighted by Crippen LogP contribution is 2.28. The standard InChI is InChI=1S/C21H18FN5O2/c1-12-18(14-4-6-15(22)7-5-14)20-25-24-19(13(2)27(20)26-12)21(28)23-16-8-10-17(29-3)11-9-16/h4-11H,1-3H3,(H,23,28). The molecule has 0 spiro atoms. The number of nitrogens with one attached hydrogen (secondary N) is 1. The molecule has 29 heavy (non-hydrogen) atoms. The second-order valence-electron chi connectivity index (χ2n) is 6.52. The van der Waals surface area contributed by atoms with Crippen LogP contribution >= 0.6 is 0 Å². The third-order valence-corrected chi connectivity index (χ3v) is 4.64. The van der Waals surface area contributed by atoms with Gasteiger partial charge >= 0.3 is 0 Å². The summed E-state index contributed by atoms with van der Waals surface area (Å²) in [5.41, 5.74) is 4.08. The van der Waals surface area contributed by atoms with Crippen LogP contribution in [0, 0.1) is 19.7 Å². The van der Waals surface area contributed by atoms with Crippen LogP contribution in [0.4, 0.5) is 10.1 Å². The Bertz CT molecular complexity index is 1200. The van der Waals surface area contributed by atoms with Crippen LogP contribution in [0.1, 0.15) is 21.9 Å². The molecule has 0 unspecified atom stereocenters. The highest BCUT2D eigenvalue weighted by Gasteiger charge is 2.20. The van der Waals surface area contributed by atoms with E-state index in [9.17, 15) is 9.18 Å². The molecule has 7 nitrogen and oxygen atoms in total. The van der Waals surface area contributed by atoms with Crippen LogP contribution in [0.2, 0.25) is 0 Å². The summed E-state index contributed by atoms with van der Waals surface area (Å²) in [6, 6.07) is 13.1. The van der Waals surface area contributed by atoms with Gasteiger partial charge in [0, 0.05) is 5.69 Å². The van der Waals surface area contributed by atoms with Crippen LogP contribution in [-0.4, -0.2) is 32.8 Å². The van der Waals surface area contributed by atoms with Crippen molar-refractivity contribution in [2.75, 3.05) is 12.4 Å². The van der Waals surface area contributed by atoms with Gasteiger partial charge in [0.15, 0.2) is 11.3 Å². The largest absolute Gasteiger partial charge is 0.497 e. The number of hydrogen-bond donors (Lipinski definition) is 1. The average molecular weight is 391 g/mol. The molecule has 0 saturated carbocycles. The van der Waals surface area contributed by atoms with E-state index in [4.69, 9.17) is 4.74 Å². The van der Waals surface area contributed by atoms with Gasteiger partial charge in [-0.1, -0.05) is 12.1 Å². The quantitative estimate of drug-likeness (QED) is 0.572. The monoisotopic (exact) mass is 391 g/mol. The maximum Gasteiger partial charge on any atom is 0.278 e. The van der Waals surface area contributed by atoms with Crippen LogP contribution in [0.25, 0.3) is 16.8 Å². The number of aryl methyl sites for hydroxylation is 2. The van der Waals surface area contributed by atoms with Crippen LogP contribution in [0.15, 0.2) is 48.5 Å². The van der Waals surface area contributed by atoms with E-state index in [1.165, 1.54) is 12.1 Å². The van der Waals surface area contributed by atoms with Gasteiger partial charge < -0.3 is 10.1 Å². The average Bonchev–Trinajstić information content (AvgIpc) is 3.06. The number of ether oxygens (including phenoxy) is 1. The smallest absolute Gasteiger partial charge is 0.278 e. The van der Waals surface area contributed by atoms with E-state index in [1.807, 2.05) is 6.92 Å². The van der Waals surface area contributed by atoms with Crippen molar-refractivity contribution in [2.24, 2.45) is 0 Å². The Hall–Kier alpha value is -3.81. The minimum Gasteiger partial charge on any atom is -0.497 e. The van der Waals surface area contributed by atoms with Crippen LogP contribution in [-0.2, 0) is 0 Å². The molecule has 0 bridgehead atoms. The first-order chi connectivity index (χ1) is 14.0. The summed E-state index contributed by atoms with van der Waals surface area (Å²) in [6.45, 7) is 3.59. The number of nitrogens with zero attached hydrogens (tertiary/aromatic N) is 4. The molecule has 146 valence electrons. The number of benzene rings is 2. The first-order valence-corrected chi connectivity index (χ1v) is 8.92. The van der Waals surface area contributed by atoms with Crippen LogP contribution in [0.3, 0.4) is 0 Å². The lowest BCUT2D eigenvalue weighted by atomic mass is 10.1. The van der Waals surface area contributed by atoms with Crippen molar-refractivity contribution < 1.29 is 13.9 Å². The summed E-state index contributed by atoms with van der Waals surface area (Å²) in [7, 11) is 1.58. The maximum atomic E-state index is 13.3. The summed E-state index contributed by atoms with van der Waals surface area (Å²) >= 11 is 0. The molecule has 0 atom stereocenters. The number of anilines is 1. The fraction of sp³-hybridized carbons (Fsp3) is 0.143. The Morgan fingerprint density at radius 3 is 2.38 bits per heavy atom. The number of amides is 1. The van der Waals surface area contributed by atoms with Crippen molar-refractivity contribution in [3.63, 3.8) is 0 Å². The van der Waals surface area contributed by atoms with Gasteiger partial charge in [0.25, 0.3) is 5.91 Å². The van der Waals surface area contributed by atoms with E-state index < -0.39 is 5.91 Å². The first-order valence-electron chi connectivity index (χ1n) is 8.92. The van der Waals surface area contributed by atoms with Gasteiger partial charge in [0.2, 0.25) is 0 Å². The zero-order valence-electron chi connectivity index (χ0n) is 16.1. The van der Waals surface area contributed by atoms with Crippen molar-refractivity contribution >= 4 is 17.2 Å². The molecule has 2 aromatic heterocycles. The van der Waals surface area contributed by atoms with Crippen molar-refractivity contribution in [1.29, 1.82) is 0 Å². The van der Waals surface area contributed by atoms with Crippen molar-refractivity contribution in [3.8, 4) is 16.9 Å². The van der Waals surface area contributed by atoms with E-state index in [2.05, 4.69) is 20.6 Å². The van der Waals surface area contributed by atoms with E-state index in [-0.39, 0.29) is 11.5 Å². The molecule has 0 fully saturated rings. The zero-order valence-corrected chi connectivity index (χ0v) is 16.1. The first kappa shape index (κ1) is 18.5. The Morgan fingerprint density at radius 1 is 1.03 bits per heavy atom. The number of hydrogen-bond acceptors (Lipinski definition) is 5. The molecule has 0 saturated heterocycles. The SMILES string of the molecule is COc1ccc(NC(=O)c2nnc3c(-c4ccc(F)cc4)c(C)nn3c2C)cc1. The molecule has 8 heteroatoms. The molecule has 1 amide bonds. The summed E-state index contributed by atoms with van der Waals surface area (Å²) in [5, 5.41) is 15.7. The van der Waals surface area contributed by atoms with Gasteiger partial charge in [-0.25, -0.2) is 8.91 Å².